The number of nitrogens with zero attached hydrogens (tertiary/aromatic N) is 5. The lowest BCUT2D eigenvalue weighted by molar-refractivity contribution is -0.00610. The predicted octanol–water partition coefficient (Wildman–Crippen LogP) is 0.229. The third kappa shape index (κ3) is 1.94. The van der Waals surface area contributed by atoms with Crippen LogP contribution in [0.4, 0.5) is 0 Å². The molecule has 6 nitrogen and oxygen atoms in total. The van der Waals surface area contributed by atoms with Crippen molar-refractivity contribution in [3.05, 3.63) is 5.82 Å². The van der Waals surface area contributed by atoms with Crippen molar-refractivity contribution in [2.75, 3.05) is 19.8 Å². The monoisotopic (exact) mass is 223 g/mol. The minimum absolute atomic E-state index is 0.457. The van der Waals surface area contributed by atoms with Crippen molar-refractivity contribution in [3.63, 3.8) is 0 Å². The molecule has 0 amide bonds. The van der Waals surface area contributed by atoms with E-state index in [2.05, 4.69) is 27.3 Å². The Hall–Kier alpha value is -1.01. The Labute approximate surface area is 94.6 Å². The molecule has 1 aliphatic carbocycles. The largest absolute Gasteiger partial charge is 0.379 e. The number of aromatic nitrogens is 4. The molecule has 1 aromatic heterocycles. The molecule has 3 rings (SSSR count). The number of ether oxygens (including phenoxy) is 1. The van der Waals surface area contributed by atoms with E-state index < -0.39 is 0 Å². The topological polar surface area (TPSA) is 56.1 Å². The van der Waals surface area contributed by atoms with Crippen LogP contribution in [-0.4, -0.2) is 50.9 Å². The molecule has 2 heterocycles. The lowest BCUT2D eigenvalue weighted by Crippen LogP contribution is -2.43. The van der Waals surface area contributed by atoms with E-state index in [0.29, 0.717) is 12.1 Å². The maximum Gasteiger partial charge on any atom is 0.165 e. The van der Waals surface area contributed by atoms with Gasteiger partial charge in [-0.2, -0.15) is 0 Å². The zero-order valence-electron chi connectivity index (χ0n) is 9.54. The van der Waals surface area contributed by atoms with Crippen molar-refractivity contribution in [3.8, 4) is 0 Å². The second-order valence-electron chi connectivity index (χ2n) is 4.67. The van der Waals surface area contributed by atoms with Gasteiger partial charge in [0, 0.05) is 12.6 Å². The highest BCUT2D eigenvalue weighted by atomic mass is 16.5. The van der Waals surface area contributed by atoms with Crippen LogP contribution in [0.3, 0.4) is 0 Å². The summed E-state index contributed by atoms with van der Waals surface area (Å²) in [5.41, 5.74) is 0. The number of tetrazole rings is 1. The molecule has 2 aliphatic rings. The van der Waals surface area contributed by atoms with Crippen molar-refractivity contribution in [2.45, 2.75) is 38.4 Å². The number of rotatable bonds is 3. The quantitative estimate of drug-likeness (QED) is 0.734. The highest BCUT2D eigenvalue weighted by Gasteiger charge is 2.29. The molecule has 1 saturated heterocycles. The summed E-state index contributed by atoms with van der Waals surface area (Å²) >= 11 is 0. The van der Waals surface area contributed by atoms with Crippen LogP contribution in [0.2, 0.25) is 0 Å². The van der Waals surface area contributed by atoms with Gasteiger partial charge in [-0.25, -0.2) is 4.68 Å². The molecule has 0 bridgehead atoms. The second-order valence-corrected chi connectivity index (χ2v) is 4.67. The second kappa shape index (κ2) is 4.10. The fourth-order valence-corrected chi connectivity index (χ4v) is 2.10. The Kier molecular flexibility index (Phi) is 2.61. The third-order valence-electron chi connectivity index (χ3n) is 3.30. The summed E-state index contributed by atoms with van der Waals surface area (Å²) in [7, 11) is 0. The first-order valence-electron chi connectivity index (χ1n) is 5.93. The molecular weight excluding hydrogens is 206 g/mol. The molecule has 88 valence electrons. The number of hydrogen-bond acceptors (Lipinski definition) is 5. The standard InChI is InChI=1S/C10H17N5O/c1-8-7-16-5-4-14(8)6-10-11-12-13-15(10)9-2-3-9/h8-9H,2-7H2,1H3/t8-/m0/s1. The number of hydrogen-bond donors (Lipinski definition) is 0. The molecule has 1 aliphatic heterocycles. The Balaban J connectivity index is 1.70. The van der Waals surface area contributed by atoms with Gasteiger partial charge >= 0.3 is 0 Å². The van der Waals surface area contributed by atoms with Crippen LogP contribution in [0.1, 0.15) is 31.6 Å². The van der Waals surface area contributed by atoms with Gasteiger partial charge < -0.3 is 4.74 Å². The molecule has 1 saturated carbocycles. The first-order valence-corrected chi connectivity index (χ1v) is 5.93. The Morgan fingerprint density at radius 3 is 3.06 bits per heavy atom. The van der Waals surface area contributed by atoms with Gasteiger partial charge in [-0.05, 0) is 30.2 Å². The van der Waals surface area contributed by atoms with E-state index in [-0.39, 0.29) is 0 Å². The van der Waals surface area contributed by atoms with E-state index in [4.69, 9.17) is 4.74 Å². The van der Waals surface area contributed by atoms with Gasteiger partial charge in [-0.3, -0.25) is 4.90 Å². The normalized spacial score (nSPS) is 27.2. The van der Waals surface area contributed by atoms with E-state index in [9.17, 15) is 0 Å². The highest BCUT2D eigenvalue weighted by molar-refractivity contribution is 4.91. The first kappa shape index (κ1) is 10.2. The summed E-state index contributed by atoms with van der Waals surface area (Å²) in [4.78, 5) is 2.38. The van der Waals surface area contributed by atoms with Crippen molar-refractivity contribution < 1.29 is 4.74 Å². The first-order chi connectivity index (χ1) is 7.84. The fourth-order valence-electron chi connectivity index (χ4n) is 2.10. The summed E-state index contributed by atoms with van der Waals surface area (Å²) in [6.45, 7) is 5.62. The van der Waals surface area contributed by atoms with Crippen LogP contribution < -0.4 is 0 Å². The zero-order chi connectivity index (χ0) is 11.0. The van der Waals surface area contributed by atoms with Gasteiger partial charge in [0.1, 0.15) is 0 Å². The van der Waals surface area contributed by atoms with Crippen LogP contribution in [0, 0.1) is 0 Å². The van der Waals surface area contributed by atoms with Gasteiger partial charge in [0.15, 0.2) is 5.82 Å². The van der Waals surface area contributed by atoms with Gasteiger partial charge in [0.25, 0.3) is 0 Å². The molecule has 0 N–H and O–H groups in total. The minimum Gasteiger partial charge on any atom is -0.379 e. The van der Waals surface area contributed by atoms with E-state index >= 15 is 0 Å². The van der Waals surface area contributed by atoms with Gasteiger partial charge in [-0.1, -0.05) is 0 Å². The summed E-state index contributed by atoms with van der Waals surface area (Å²) in [5.74, 6) is 0.997. The summed E-state index contributed by atoms with van der Waals surface area (Å²) in [6.07, 6.45) is 2.44. The van der Waals surface area contributed by atoms with Gasteiger partial charge in [-0.15, -0.1) is 5.10 Å². The van der Waals surface area contributed by atoms with E-state index in [1.54, 1.807) is 0 Å². The van der Waals surface area contributed by atoms with Crippen molar-refractivity contribution in [1.29, 1.82) is 0 Å². The molecule has 1 aromatic rings. The summed E-state index contributed by atoms with van der Waals surface area (Å²) in [5, 5.41) is 12.0. The molecule has 0 spiro atoms. The third-order valence-corrected chi connectivity index (χ3v) is 3.30. The molecule has 0 unspecified atom stereocenters. The average Bonchev–Trinajstić information content (AvgIpc) is 3.03. The maximum atomic E-state index is 5.42. The zero-order valence-corrected chi connectivity index (χ0v) is 9.54. The molecule has 6 heteroatoms. The molecule has 0 aromatic carbocycles. The Morgan fingerprint density at radius 2 is 2.31 bits per heavy atom. The molecular formula is C10H17N5O. The van der Waals surface area contributed by atoms with Crippen LogP contribution in [0.15, 0.2) is 0 Å². The Morgan fingerprint density at radius 1 is 1.44 bits per heavy atom. The fraction of sp³-hybridized carbons (Fsp3) is 0.900. The number of morpholine rings is 1. The van der Waals surface area contributed by atoms with Gasteiger partial charge in [0.2, 0.25) is 0 Å². The predicted molar refractivity (Wildman–Crippen MR) is 56.8 cm³/mol. The lowest BCUT2D eigenvalue weighted by Gasteiger charge is -2.32. The van der Waals surface area contributed by atoms with E-state index in [1.807, 2.05) is 4.68 Å². The van der Waals surface area contributed by atoms with Crippen molar-refractivity contribution in [1.82, 2.24) is 25.1 Å². The smallest absolute Gasteiger partial charge is 0.165 e. The summed E-state index contributed by atoms with van der Waals surface area (Å²) in [6, 6.07) is 1.01. The van der Waals surface area contributed by atoms with Crippen molar-refractivity contribution in [2.24, 2.45) is 0 Å². The Bertz CT molecular complexity index is 362. The SMILES string of the molecule is C[C@H]1COCCN1Cc1nnnn1C1CC1. The molecule has 1 atom stereocenters. The van der Waals surface area contributed by atoms with Crippen LogP contribution in [-0.2, 0) is 11.3 Å². The molecule has 2 fully saturated rings. The van der Waals surface area contributed by atoms with Crippen LogP contribution in [0.25, 0.3) is 0 Å². The highest BCUT2D eigenvalue weighted by Crippen LogP contribution is 2.34. The molecule has 16 heavy (non-hydrogen) atoms. The summed E-state index contributed by atoms with van der Waals surface area (Å²) < 4.78 is 7.41. The maximum absolute atomic E-state index is 5.42. The van der Waals surface area contributed by atoms with Crippen molar-refractivity contribution >= 4 is 0 Å². The lowest BCUT2D eigenvalue weighted by atomic mass is 10.2. The minimum atomic E-state index is 0.457. The van der Waals surface area contributed by atoms with Gasteiger partial charge in [0.05, 0.1) is 25.8 Å². The molecule has 0 radical (unpaired) electrons. The van der Waals surface area contributed by atoms with E-state index in [1.165, 1.54) is 12.8 Å². The van der Waals surface area contributed by atoms with E-state index in [0.717, 1.165) is 32.1 Å². The average molecular weight is 223 g/mol. The van der Waals surface area contributed by atoms with Crippen LogP contribution in [0.5, 0.6) is 0 Å². The van der Waals surface area contributed by atoms with Crippen LogP contribution >= 0.6 is 0 Å².